The molecule has 0 aliphatic carbocycles. The van der Waals surface area contributed by atoms with Crippen LogP contribution in [0.4, 0.5) is 0 Å². The Morgan fingerprint density at radius 2 is 1.58 bits per heavy atom. The molecule has 1 aromatic rings. The van der Waals surface area contributed by atoms with E-state index in [9.17, 15) is 0 Å². The van der Waals surface area contributed by atoms with Crippen LogP contribution in [0.5, 0.6) is 0 Å². The zero-order valence-electron chi connectivity index (χ0n) is 6.55. The van der Waals surface area contributed by atoms with Gasteiger partial charge in [-0.25, -0.2) is 0 Å². The van der Waals surface area contributed by atoms with Crippen LogP contribution in [0.1, 0.15) is 0 Å². The van der Waals surface area contributed by atoms with Gasteiger partial charge in [0, 0.05) is 6.04 Å². The van der Waals surface area contributed by atoms with E-state index >= 15 is 0 Å². The lowest BCUT2D eigenvalue weighted by Gasteiger charge is -2.16. The topological polar surface area (TPSA) is 40.5 Å². The summed E-state index contributed by atoms with van der Waals surface area (Å²) in [6.45, 7) is 0. The van der Waals surface area contributed by atoms with Gasteiger partial charge < -0.3 is 10.2 Å². The first-order valence-corrected chi connectivity index (χ1v) is 6.75. The summed E-state index contributed by atoms with van der Waals surface area (Å²) < 4.78 is 0. The molecule has 0 fully saturated rings. The minimum absolute atomic E-state index is 0.108. The Morgan fingerprint density at radius 3 is 2.00 bits per heavy atom. The van der Waals surface area contributed by atoms with E-state index in [4.69, 9.17) is 22.0 Å². The van der Waals surface area contributed by atoms with Crippen molar-refractivity contribution in [1.82, 2.24) is 0 Å². The smallest absolute Gasteiger partial charge is 0.0776 e. The van der Waals surface area contributed by atoms with Crippen LogP contribution in [0, 0.1) is 0 Å². The van der Waals surface area contributed by atoms with Gasteiger partial charge in [-0.2, -0.15) is 0 Å². The first-order valence-electron chi connectivity index (χ1n) is 3.58. The quantitative estimate of drug-likeness (QED) is 0.708. The van der Waals surface area contributed by atoms with Crippen molar-refractivity contribution in [2.24, 2.45) is 0 Å². The van der Waals surface area contributed by atoms with Crippen molar-refractivity contribution in [3.63, 3.8) is 0 Å². The van der Waals surface area contributed by atoms with Gasteiger partial charge in [-0.15, -0.1) is 0 Å². The van der Waals surface area contributed by atoms with E-state index in [1.54, 1.807) is 0 Å². The molecule has 0 aliphatic rings. The molecule has 0 saturated carbocycles. The van der Waals surface area contributed by atoms with Crippen LogP contribution < -0.4 is 5.30 Å². The average molecular weight is 202 g/mol. The Morgan fingerprint density at radius 1 is 1.08 bits per heavy atom. The highest BCUT2D eigenvalue weighted by atomic mass is 32.4. The summed E-state index contributed by atoms with van der Waals surface area (Å²) in [5.41, 5.74) is 0. The monoisotopic (exact) mass is 202 g/mol. The first kappa shape index (κ1) is 9.87. The van der Waals surface area contributed by atoms with Crippen LogP contribution in [0.15, 0.2) is 30.3 Å². The Bertz CT molecular complexity index is 278. The molecule has 0 unspecified atom stereocenters. The molecule has 0 atom stereocenters. The number of aliphatic hydroxyl groups excluding tert-OH is 2. The Labute approximate surface area is 76.9 Å². The zero-order valence-corrected chi connectivity index (χ0v) is 8.26. The number of hydrogen-bond donors (Lipinski definition) is 2. The molecule has 0 radical (unpaired) electrons. The maximum absolute atomic E-state index is 9.02. The lowest BCUT2D eigenvalue weighted by atomic mass is 10.4. The van der Waals surface area contributed by atoms with E-state index in [-0.39, 0.29) is 12.7 Å². The van der Waals surface area contributed by atoms with Gasteiger partial charge in [-0.3, -0.25) is 0 Å². The third-order valence-electron chi connectivity index (χ3n) is 1.68. The van der Waals surface area contributed by atoms with Gasteiger partial charge in [0.15, 0.2) is 0 Å². The van der Waals surface area contributed by atoms with E-state index in [0.717, 1.165) is 5.30 Å². The van der Waals surface area contributed by atoms with Crippen molar-refractivity contribution in [1.29, 1.82) is 0 Å². The second-order valence-corrected chi connectivity index (χ2v) is 7.47. The molecule has 4 heteroatoms. The molecule has 1 rings (SSSR count). The summed E-state index contributed by atoms with van der Waals surface area (Å²) in [5, 5.41) is 18.9. The van der Waals surface area contributed by atoms with Crippen LogP contribution >= 0.6 is 6.04 Å². The number of hydrogen-bond acceptors (Lipinski definition) is 3. The first-order chi connectivity index (χ1) is 5.73. The largest absolute Gasteiger partial charge is 0.391 e. The second-order valence-electron chi connectivity index (χ2n) is 2.51. The molecular weight excluding hydrogens is 191 g/mol. The van der Waals surface area contributed by atoms with Crippen LogP contribution in [-0.4, -0.2) is 22.9 Å². The van der Waals surface area contributed by atoms with E-state index < -0.39 is 6.04 Å². The van der Waals surface area contributed by atoms with Gasteiger partial charge in [-0.1, -0.05) is 42.1 Å². The van der Waals surface area contributed by atoms with Gasteiger partial charge >= 0.3 is 0 Å². The van der Waals surface area contributed by atoms with Crippen molar-refractivity contribution in [3.05, 3.63) is 30.3 Å². The molecule has 0 bridgehead atoms. The number of benzene rings is 1. The highest BCUT2D eigenvalue weighted by molar-refractivity contribution is 8.18. The van der Waals surface area contributed by atoms with Crippen LogP contribution in [0.3, 0.4) is 0 Å². The van der Waals surface area contributed by atoms with Crippen molar-refractivity contribution >= 4 is 23.1 Å². The van der Waals surface area contributed by atoms with Crippen molar-refractivity contribution < 1.29 is 10.2 Å². The molecule has 1 aromatic carbocycles. The maximum Gasteiger partial charge on any atom is 0.0776 e. The molecule has 2 nitrogen and oxygen atoms in total. The van der Waals surface area contributed by atoms with Crippen LogP contribution in [0.25, 0.3) is 0 Å². The third-order valence-corrected chi connectivity index (χ3v) is 5.16. The Kier molecular flexibility index (Phi) is 3.41. The standard InChI is InChI=1S/C8H11O2PS/c9-6-11(12,7-10)8-4-2-1-3-5-8/h1-5,9-10H,6-7H2. The fourth-order valence-electron chi connectivity index (χ4n) is 0.908. The van der Waals surface area contributed by atoms with Crippen LogP contribution in [0.2, 0.25) is 0 Å². The lowest BCUT2D eigenvalue weighted by Crippen LogP contribution is -2.09. The van der Waals surface area contributed by atoms with Crippen molar-refractivity contribution in [3.8, 4) is 0 Å². The SMILES string of the molecule is OCP(=S)(CO)c1ccccc1. The summed E-state index contributed by atoms with van der Waals surface area (Å²) in [4.78, 5) is 0. The van der Waals surface area contributed by atoms with E-state index in [2.05, 4.69) is 0 Å². The molecule has 0 amide bonds. The summed E-state index contributed by atoms with van der Waals surface area (Å²) in [6.07, 6.45) is -0.217. The van der Waals surface area contributed by atoms with Gasteiger partial charge in [-0.05, 0) is 5.30 Å². The van der Waals surface area contributed by atoms with Gasteiger partial charge in [0.25, 0.3) is 0 Å². The summed E-state index contributed by atoms with van der Waals surface area (Å²) in [7, 11) is 0. The molecule has 66 valence electrons. The Hall–Kier alpha value is -0.210. The molecule has 0 aliphatic heterocycles. The third kappa shape index (κ3) is 1.93. The lowest BCUT2D eigenvalue weighted by molar-refractivity contribution is 0.345. The Balaban J connectivity index is 3.04. The summed E-state index contributed by atoms with van der Waals surface area (Å²) in [5.74, 6) is 0. The van der Waals surface area contributed by atoms with Crippen molar-refractivity contribution in [2.45, 2.75) is 0 Å². The predicted octanol–water partition coefficient (Wildman–Crippen LogP) is 0.691. The summed E-state index contributed by atoms with van der Waals surface area (Å²) >= 11 is 5.18. The molecule has 12 heavy (non-hydrogen) atoms. The van der Waals surface area contributed by atoms with Gasteiger partial charge in [0.1, 0.15) is 0 Å². The fourth-order valence-corrected chi connectivity index (χ4v) is 2.40. The highest BCUT2D eigenvalue weighted by Crippen LogP contribution is 2.41. The zero-order chi connectivity index (χ0) is 9.03. The van der Waals surface area contributed by atoms with Crippen LogP contribution in [-0.2, 0) is 11.8 Å². The second kappa shape index (κ2) is 4.15. The van der Waals surface area contributed by atoms with Gasteiger partial charge in [0.05, 0.1) is 12.7 Å². The number of aliphatic hydroxyl groups is 2. The average Bonchev–Trinajstić information content (AvgIpc) is 2.18. The van der Waals surface area contributed by atoms with E-state index in [0.29, 0.717) is 0 Å². The van der Waals surface area contributed by atoms with E-state index in [1.807, 2.05) is 30.3 Å². The molecule has 0 heterocycles. The molecule has 2 N–H and O–H groups in total. The molecular formula is C8H11O2PS. The fraction of sp³-hybridized carbons (Fsp3) is 0.250. The number of rotatable bonds is 3. The summed E-state index contributed by atoms with van der Waals surface area (Å²) in [6, 6.07) is 7.23. The van der Waals surface area contributed by atoms with Gasteiger partial charge in [0.2, 0.25) is 0 Å². The van der Waals surface area contributed by atoms with Crippen molar-refractivity contribution in [2.75, 3.05) is 12.7 Å². The normalized spacial score (nSPS) is 11.5. The highest BCUT2D eigenvalue weighted by Gasteiger charge is 2.16. The molecule has 0 aromatic heterocycles. The maximum atomic E-state index is 9.02. The minimum Gasteiger partial charge on any atom is -0.391 e. The molecule has 0 saturated heterocycles. The molecule has 0 spiro atoms. The predicted molar refractivity (Wildman–Crippen MR) is 54.5 cm³/mol. The minimum atomic E-state index is -2.09. The van der Waals surface area contributed by atoms with E-state index in [1.165, 1.54) is 0 Å².